The molecule has 0 aliphatic heterocycles. The molecule has 9 heteroatoms. The second-order valence-electron chi connectivity index (χ2n) is 5.57. The van der Waals surface area contributed by atoms with Gasteiger partial charge in [0.25, 0.3) is 5.91 Å². The van der Waals surface area contributed by atoms with Crippen molar-refractivity contribution in [1.82, 2.24) is 5.43 Å². The number of fused-ring (bicyclic) bond motifs is 1. The van der Waals surface area contributed by atoms with Crippen LogP contribution in [-0.4, -0.2) is 18.7 Å². The first kappa shape index (κ1) is 19.3. The lowest BCUT2D eigenvalue weighted by molar-refractivity contribution is -0.123. The van der Waals surface area contributed by atoms with Gasteiger partial charge in [0.1, 0.15) is 5.75 Å². The fourth-order valence-corrected chi connectivity index (χ4v) is 2.34. The predicted octanol–water partition coefficient (Wildman–Crippen LogP) is 4.06. The molecule has 0 bridgehead atoms. The molecular formula is C19H11F5N2O2. The molecule has 0 aliphatic carbocycles. The largest absolute Gasteiger partial charge is 0.484 e. The first-order valence-corrected chi connectivity index (χ1v) is 7.83. The van der Waals surface area contributed by atoms with Gasteiger partial charge in [0.2, 0.25) is 5.82 Å². The van der Waals surface area contributed by atoms with Crippen molar-refractivity contribution in [2.75, 3.05) is 6.61 Å². The summed E-state index contributed by atoms with van der Waals surface area (Å²) >= 11 is 0. The molecule has 0 saturated heterocycles. The van der Waals surface area contributed by atoms with Gasteiger partial charge >= 0.3 is 0 Å². The van der Waals surface area contributed by atoms with Crippen LogP contribution in [0.4, 0.5) is 22.0 Å². The fraction of sp³-hybridized carbons (Fsp3) is 0.0526. The van der Waals surface area contributed by atoms with E-state index in [1.807, 2.05) is 29.7 Å². The molecule has 3 aromatic carbocycles. The number of benzene rings is 3. The SMILES string of the molecule is O=C(COc1ccc2ccccc2c1)N/N=C/c1c(F)c(F)c(F)c(F)c1F. The lowest BCUT2D eigenvalue weighted by Crippen LogP contribution is -2.24. The highest BCUT2D eigenvalue weighted by Crippen LogP contribution is 2.22. The van der Waals surface area contributed by atoms with E-state index in [2.05, 4.69) is 5.10 Å². The summed E-state index contributed by atoms with van der Waals surface area (Å²) in [6.45, 7) is -0.479. The first-order chi connectivity index (χ1) is 13.4. The highest BCUT2D eigenvalue weighted by Gasteiger charge is 2.24. The Bertz CT molecular complexity index is 1060. The second-order valence-corrected chi connectivity index (χ2v) is 5.57. The van der Waals surface area contributed by atoms with Crippen LogP contribution in [0.1, 0.15) is 5.56 Å². The Labute approximate surface area is 155 Å². The zero-order chi connectivity index (χ0) is 20.3. The highest BCUT2D eigenvalue weighted by molar-refractivity contribution is 5.85. The minimum Gasteiger partial charge on any atom is -0.484 e. The number of nitrogens with zero attached hydrogens (tertiary/aromatic N) is 1. The molecule has 3 rings (SSSR count). The monoisotopic (exact) mass is 394 g/mol. The Kier molecular flexibility index (Phi) is 5.53. The third kappa shape index (κ3) is 3.93. The highest BCUT2D eigenvalue weighted by atomic mass is 19.2. The number of hydrogen-bond acceptors (Lipinski definition) is 3. The maximum atomic E-state index is 13.5. The van der Waals surface area contributed by atoms with E-state index in [4.69, 9.17) is 4.74 Å². The van der Waals surface area contributed by atoms with Gasteiger partial charge < -0.3 is 4.74 Å². The van der Waals surface area contributed by atoms with Crippen LogP contribution < -0.4 is 10.2 Å². The van der Waals surface area contributed by atoms with Crippen LogP contribution in [0.2, 0.25) is 0 Å². The summed E-state index contributed by atoms with van der Waals surface area (Å²) in [5.74, 6) is -11.0. The third-order valence-corrected chi connectivity index (χ3v) is 3.72. The van der Waals surface area contributed by atoms with E-state index in [0.29, 0.717) is 12.0 Å². The van der Waals surface area contributed by atoms with E-state index in [1.54, 1.807) is 18.2 Å². The Morgan fingerprint density at radius 3 is 2.18 bits per heavy atom. The molecule has 0 spiro atoms. The molecular weight excluding hydrogens is 383 g/mol. The van der Waals surface area contributed by atoms with Crippen molar-refractivity contribution in [3.8, 4) is 5.75 Å². The van der Waals surface area contributed by atoms with Crippen molar-refractivity contribution < 1.29 is 31.5 Å². The van der Waals surface area contributed by atoms with Crippen molar-refractivity contribution >= 4 is 22.9 Å². The van der Waals surface area contributed by atoms with E-state index in [9.17, 15) is 26.7 Å². The molecule has 144 valence electrons. The zero-order valence-corrected chi connectivity index (χ0v) is 14.0. The molecule has 1 N–H and O–H groups in total. The Morgan fingerprint density at radius 2 is 1.50 bits per heavy atom. The molecule has 1 amide bonds. The average Bonchev–Trinajstić information content (AvgIpc) is 2.71. The summed E-state index contributed by atoms with van der Waals surface area (Å²) < 4.78 is 71.3. The van der Waals surface area contributed by atoms with Gasteiger partial charge in [-0.05, 0) is 22.9 Å². The van der Waals surface area contributed by atoms with Gasteiger partial charge in [0.15, 0.2) is 29.9 Å². The number of rotatable bonds is 5. The molecule has 3 aromatic rings. The molecule has 0 aliphatic rings. The van der Waals surface area contributed by atoms with Crippen LogP contribution in [0.25, 0.3) is 10.8 Å². The molecule has 0 atom stereocenters. The van der Waals surface area contributed by atoms with Crippen LogP contribution in [0.3, 0.4) is 0 Å². The molecule has 0 saturated carbocycles. The molecule has 0 radical (unpaired) electrons. The molecule has 0 aromatic heterocycles. The van der Waals surface area contributed by atoms with Crippen molar-refractivity contribution in [3.05, 3.63) is 77.1 Å². The van der Waals surface area contributed by atoms with Gasteiger partial charge in [-0.15, -0.1) is 0 Å². The third-order valence-electron chi connectivity index (χ3n) is 3.72. The quantitative estimate of drug-likeness (QED) is 0.233. The number of halogens is 5. The Hall–Kier alpha value is -3.49. The van der Waals surface area contributed by atoms with Gasteiger partial charge in [-0.2, -0.15) is 5.10 Å². The van der Waals surface area contributed by atoms with Gasteiger partial charge in [-0.3, -0.25) is 4.79 Å². The summed E-state index contributed by atoms with van der Waals surface area (Å²) in [6.07, 6.45) is 0.324. The molecule has 0 heterocycles. The second kappa shape index (κ2) is 8.03. The van der Waals surface area contributed by atoms with Crippen molar-refractivity contribution in [2.45, 2.75) is 0 Å². The van der Waals surface area contributed by atoms with E-state index in [0.717, 1.165) is 10.8 Å². The first-order valence-electron chi connectivity index (χ1n) is 7.83. The summed E-state index contributed by atoms with van der Waals surface area (Å²) in [5, 5.41) is 5.07. The summed E-state index contributed by atoms with van der Waals surface area (Å²) in [5.41, 5.74) is 0.609. The minimum atomic E-state index is -2.28. The molecule has 4 nitrogen and oxygen atoms in total. The van der Waals surface area contributed by atoms with Gasteiger partial charge in [-0.1, -0.05) is 30.3 Å². The number of amides is 1. The number of ether oxygens (including phenoxy) is 1. The number of nitrogens with one attached hydrogen (secondary N) is 1. The van der Waals surface area contributed by atoms with Crippen molar-refractivity contribution in [2.24, 2.45) is 5.10 Å². The zero-order valence-electron chi connectivity index (χ0n) is 14.0. The minimum absolute atomic E-state index is 0.324. The Morgan fingerprint density at radius 1 is 0.893 bits per heavy atom. The van der Waals surface area contributed by atoms with Crippen LogP contribution in [0.5, 0.6) is 5.75 Å². The standard InChI is InChI=1S/C19H11F5N2O2/c20-15-13(16(21)18(23)19(24)17(15)22)8-25-26-14(27)9-28-12-6-5-10-3-1-2-4-11(10)7-12/h1-8H,9H2,(H,26,27)/b25-8+. The van der Waals surface area contributed by atoms with Crippen molar-refractivity contribution in [3.63, 3.8) is 0 Å². The van der Waals surface area contributed by atoms with Crippen LogP contribution in [0.15, 0.2) is 47.6 Å². The van der Waals surface area contributed by atoms with E-state index in [1.165, 1.54) is 0 Å². The lowest BCUT2D eigenvalue weighted by Gasteiger charge is -2.06. The number of hydrogen-bond donors (Lipinski definition) is 1. The molecule has 0 fully saturated rings. The number of carbonyl (C=O) groups is 1. The molecule has 28 heavy (non-hydrogen) atoms. The number of hydrazone groups is 1. The maximum Gasteiger partial charge on any atom is 0.277 e. The topological polar surface area (TPSA) is 50.7 Å². The summed E-state index contributed by atoms with van der Waals surface area (Å²) in [7, 11) is 0. The van der Waals surface area contributed by atoms with Crippen LogP contribution >= 0.6 is 0 Å². The van der Waals surface area contributed by atoms with Crippen LogP contribution in [-0.2, 0) is 4.79 Å². The van der Waals surface area contributed by atoms with Gasteiger partial charge in [0.05, 0.1) is 11.8 Å². The summed E-state index contributed by atoms with van der Waals surface area (Å²) in [6, 6.07) is 12.6. The van der Waals surface area contributed by atoms with Gasteiger partial charge in [0, 0.05) is 0 Å². The van der Waals surface area contributed by atoms with Crippen LogP contribution in [0, 0.1) is 29.1 Å². The normalized spacial score (nSPS) is 11.2. The fourth-order valence-electron chi connectivity index (χ4n) is 2.34. The lowest BCUT2D eigenvalue weighted by atomic mass is 10.1. The summed E-state index contributed by atoms with van der Waals surface area (Å²) in [4.78, 5) is 11.7. The maximum absolute atomic E-state index is 13.5. The predicted molar refractivity (Wildman–Crippen MR) is 91.4 cm³/mol. The van der Waals surface area contributed by atoms with E-state index < -0.39 is 47.2 Å². The smallest absolute Gasteiger partial charge is 0.277 e. The number of carbonyl (C=O) groups excluding carboxylic acids is 1. The molecule has 0 unspecified atom stereocenters. The van der Waals surface area contributed by atoms with Gasteiger partial charge in [-0.25, -0.2) is 27.4 Å². The average molecular weight is 394 g/mol. The Balaban J connectivity index is 1.63. The van der Waals surface area contributed by atoms with Crippen molar-refractivity contribution in [1.29, 1.82) is 0 Å². The van der Waals surface area contributed by atoms with E-state index >= 15 is 0 Å². The van der Waals surface area contributed by atoms with E-state index in [-0.39, 0.29) is 0 Å².